The largest absolute Gasteiger partial charge is 0.351 e. The minimum atomic E-state index is -0.740. The molecular formula is C13H6Br2F2N2. The second kappa shape index (κ2) is 5.68. The van der Waals surface area contributed by atoms with Crippen LogP contribution in [0.2, 0.25) is 0 Å². The van der Waals surface area contributed by atoms with Gasteiger partial charge in [-0.2, -0.15) is 5.26 Å². The molecule has 6 heteroatoms. The van der Waals surface area contributed by atoms with Crippen LogP contribution in [0, 0.1) is 23.0 Å². The van der Waals surface area contributed by atoms with Crippen LogP contribution in [0.15, 0.2) is 39.3 Å². The van der Waals surface area contributed by atoms with Gasteiger partial charge < -0.3 is 5.32 Å². The number of halogens is 4. The number of nitrogens with zero attached hydrogens (tertiary/aromatic N) is 1. The molecule has 2 rings (SSSR count). The summed E-state index contributed by atoms with van der Waals surface area (Å²) in [7, 11) is 0. The van der Waals surface area contributed by atoms with E-state index in [0.717, 1.165) is 12.1 Å². The number of anilines is 2. The fourth-order valence-electron chi connectivity index (χ4n) is 1.54. The van der Waals surface area contributed by atoms with Gasteiger partial charge in [-0.1, -0.05) is 6.07 Å². The van der Waals surface area contributed by atoms with Crippen LogP contribution in [0.1, 0.15) is 5.56 Å². The van der Waals surface area contributed by atoms with Crippen LogP contribution in [0.25, 0.3) is 0 Å². The van der Waals surface area contributed by atoms with Gasteiger partial charge in [0.1, 0.15) is 11.9 Å². The first-order chi connectivity index (χ1) is 9.02. The first-order valence-electron chi connectivity index (χ1n) is 5.13. The number of nitriles is 1. The lowest BCUT2D eigenvalue weighted by atomic mass is 10.2. The summed E-state index contributed by atoms with van der Waals surface area (Å²) < 4.78 is 27.5. The van der Waals surface area contributed by atoms with E-state index >= 15 is 0 Å². The molecule has 0 saturated carbocycles. The van der Waals surface area contributed by atoms with Crippen LogP contribution in [-0.4, -0.2) is 0 Å². The summed E-state index contributed by atoms with van der Waals surface area (Å²) in [6.07, 6.45) is 0. The lowest BCUT2D eigenvalue weighted by molar-refractivity contribution is 0.584. The van der Waals surface area contributed by atoms with Crippen molar-refractivity contribution in [2.45, 2.75) is 0 Å². The zero-order valence-electron chi connectivity index (χ0n) is 9.35. The molecule has 0 saturated heterocycles. The summed E-state index contributed by atoms with van der Waals surface area (Å²) >= 11 is 6.32. The van der Waals surface area contributed by atoms with Gasteiger partial charge in [-0.05, 0) is 50.1 Å². The Morgan fingerprint density at radius 3 is 2.47 bits per heavy atom. The summed E-state index contributed by atoms with van der Waals surface area (Å²) in [5.41, 5.74) is 0.859. The van der Waals surface area contributed by atoms with Crippen LogP contribution >= 0.6 is 31.9 Å². The van der Waals surface area contributed by atoms with Crippen molar-refractivity contribution in [3.05, 3.63) is 56.5 Å². The van der Waals surface area contributed by atoms with Crippen molar-refractivity contribution in [2.24, 2.45) is 0 Å². The van der Waals surface area contributed by atoms with Crippen LogP contribution in [0.5, 0.6) is 0 Å². The van der Waals surface area contributed by atoms with Crippen LogP contribution in [-0.2, 0) is 0 Å². The van der Waals surface area contributed by atoms with E-state index in [4.69, 9.17) is 5.26 Å². The fourth-order valence-corrected chi connectivity index (χ4v) is 2.50. The number of hydrogen-bond acceptors (Lipinski definition) is 2. The van der Waals surface area contributed by atoms with Gasteiger partial charge in [0.25, 0.3) is 0 Å². The van der Waals surface area contributed by atoms with Crippen molar-refractivity contribution in [3.8, 4) is 6.07 Å². The first kappa shape index (κ1) is 14.0. The molecule has 2 nitrogen and oxygen atoms in total. The van der Waals surface area contributed by atoms with Gasteiger partial charge in [0, 0.05) is 15.0 Å². The van der Waals surface area contributed by atoms with E-state index in [9.17, 15) is 8.78 Å². The van der Waals surface area contributed by atoms with Crippen molar-refractivity contribution in [1.29, 1.82) is 5.26 Å². The van der Waals surface area contributed by atoms with Crippen molar-refractivity contribution in [1.82, 2.24) is 0 Å². The molecule has 0 heterocycles. The Labute approximate surface area is 125 Å². The smallest absolute Gasteiger partial charge is 0.150 e. The van der Waals surface area contributed by atoms with Crippen molar-refractivity contribution < 1.29 is 8.78 Å². The van der Waals surface area contributed by atoms with E-state index in [-0.39, 0.29) is 10.2 Å². The van der Waals surface area contributed by atoms with Crippen LogP contribution < -0.4 is 5.32 Å². The SMILES string of the molecule is N#Cc1c(Br)cccc1Nc1c(F)cc(F)cc1Br. The molecule has 0 aromatic heterocycles. The summed E-state index contributed by atoms with van der Waals surface area (Å²) in [6, 6.07) is 8.99. The number of benzene rings is 2. The highest BCUT2D eigenvalue weighted by Crippen LogP contribution is 2.32. The first-order valence-corrected chi connectivity index (χ1v) is 6.71. The van der Waals surface area contributed by atoms with Crippen LogP contribution in [0.4, 0.5) is 20.2 Å². The lowest BCUT2D eigenvalue weighted by Gasteiger charge is -2.12. The zero-order chi connectivity index (χ0) is 14.0. The highest BCUT2D eigenvalue weighted by molar-refractivity contribution is 9.11. The Bertz CT molecular complexity index is 658. The van der Waals surface area contributed by atoms with Gasteiger partial charge in [-0.3, -0.25) is 0 Å². The van der Waals surface area contributed by atoms with Gasteiger partial charge in [0.15, 0.2) is 5.82 Å². The molecule has 0 spiro atoms. The molecule has 0 fully saturated rings. The quantitative estimate of drug-likeness (QED) is 0.777. The second-order valence-electron chi connectivity index (χ2n) is 3.64. The Morgan fingerprint density at radius 2 is 1.84 bits per heavy atom. The highest BCUT2D eigenvalue weighted by atomic mass is 79.9. The minimum absolute atomic E-state index is 0.0796. The average Bonchev–Trinajstić information content (AvgIpc) is 2.34. The third-order valence-electron chi connectivity index (χ3n) is 2.39. The van der Waals surface area contributed by atoms with E-state index in [0.29, 0.717) is 15.7 Å². The van der Waals surface area contributed by atoms with E-state index in [1.807, 2.05) is 6.07 Å². The van der Waals surface area contributed by atoms with E-state index < -0.39 is 11.6 Å². The normalized spacial score (nSPS) is 10.1. The molecule has 0 atom stereocenters. The molecule has 0 amide bonds. The zero-order valence-corrected chi connectivity index (χ0v) is 12.5. The van der Waals surface area contributed by atoms with Gasteiger partial charge in [-0.15, -0.1) is 0 Å². The number of hydrogen-bond donors (Lipinski definition) is 1. The maximum atomic E-state index is 13.7. The average molecular weight is 388 g/mol. The molecule has 2 aromatic carbocycles. The Morgan fingerprint density at radius 1 is 1.11 bits per heavy atom. The van der Waals surface area contributed by atoms with Gasteiger partial charge in [0.2, 0.25) is 0 Å². The monoisotopic (exact) mass is 386 g/mol. The van der Waals surface area contributed by atoms with E-state index in [2.05, 4.69) is 37.2 Å². The Balaban J connectivity index is 2.49. The van der Waals surface area contributed by atoms with Crippen molar-refractivity contribution >= 4 is 43.2 Å². The molecule has 0 aliphatic rings. The molecule has 0 aliphatic heterocycles. The molecule has 0 radical (unpaired) electrons. The van der Waals surface area contributed by atoms with Gasteiger partial charge >= 0.3 is 0 Å². The van der Waals surface area contributed by atoms with Crippen LogP contribution in [0.3, 0.4) is 0 Å². The summed E-state index contributed by atoms with van der Waals surface area (Å²) in [6.45, 7) is 0. The molecule has 19 heavy (non-hydrogen) atoms. The van der Waals surface area contributed by atoms with Gasteiger partial charge in [0.05, 0.1) is 16.9 Å². The lowest BCUT2D eigenvalue weighted by Crippen LogP contribution is -1.98. The summed E-state index contributed by atoms with van der Waals surface area (Å²) in [5.74, 6) is -1.42. The third kappa shape index (κ3) is 2.94. The Hall–Kier alpha value is -1.45. The van der Waals surface area contributed by atoms with Crippen molar-refractivity contribution in [3.63, 3.8) is 0 Å². The molecule has 1 N–H and O–H groups in total. The topological polar surface area (TPSA) is 35.8 Å². The Kier molecular flexibility index (Phi) is 4.17. The summed E-state index contributed by atoms with van der Waals surface area (Å²) in [5, 5.41) is 11.9. The minimum Gasteiger partial charge on any atom is -0.351 e. The van der Waals surface area contributed by atoms with Crippen molar-refractivity contribution in [2.75, 3.05) is 5.32 Å². The molecule has 2 aromatic rings. The standard InChI is InChI=1S/C13H6Br2F2N2/c14-9-2-1-3-12(8(9)6-18)19-13-10(15)4-7(16)5-11(13)17/h1-5,19H. The van der Waals surface area contributed by atoms with Gasteiger partial charge in [-0.25, -0.2) is 8.78 Å². The predicted octanol–water partition coefficient (Wildman–Crippen LogP) is 5.11. The molecular weight excluding hydrogens is 382 g/mol. The molecule has 0 unspecified atom stereocenters. The number of rotatable bonds is 2. The van der Waals surface area contributed by atoms with E-state index in [1.54, 1.807) is 18.2 Å². The predicted molar refractivity (Wildman–Crippen MR) is 76.2 cm³/mol. The third-order valence-corrected chi connectivity index (χ3v) is 3.68. The number of nitrogens with one attached hydrogen (secondary N) is 1. The molecule has 96 valence electrons. The highest BCUT2D eigenvalue weighted by Gasteiger charge is 2.12. The second-order valence-corrected chi connectivity index (χ2v) is 5.35. The summed E-state index contributed by atoms with van der Waals surface area (Å²) in [4.78, 5) is 0. The molecule has 0 aliphatic carbocycles. The van der Waals surface area contributed by atoms with E-state index in [1.165, 1.54) is 0 Å². The molecule has 0 bridgehead atoms. The maximum absolute atomic E-state index is 13.7. The fraction of sp³-hybridized carbons (Fsp3) is 0. The maximum Gasteiger partial charge on any atom is 0.150 e.